The first-order valence-corrected chi connectivity index (χ1v) is 4.55. The maximum absolute atomic E-state index is 5.75. The van der Waals surface area contributed by atoms with Gasteiger partial charge in [-0.05, 0) is 37.1 Å². The Morgan fingerprint density at radius 1 is 1.21 bits per heavy atom. The standard InChI is InChI=1S/C11H13N3/c1-7-3-4-9(12)5-10(7)11-6-13-14-8(11)2/h3-6H,12H2,1-2H3,(H,13,14). The molecule has 0 saturated carbocycles. The second-order valence-corrected chi connectivity index (χ2v) is 3.48. The predicted molar refractivity (Wildman–Crippen MR) is 57.9 cm³/mol. The van der Waals surface area contributed by atoms with Gasteiger partial charge in [0.05, 0.1) is 6.20 Å². The fraction of sp³-hybridized carbons (Fsp3) is 0.182. The number of aromatic amines is 1. The van der Waals surface area contributed by atoms with Crippen LogP contribution < -0.4 is 5.73 Å². The number of H-pyrrole nitrogens is 1. The Bertz CT molecular complexity index is 457. The van der Waals surface area contributed by atoms with Crippen molar-refractivity contribution in [2.45, 2.75) is 13.8 Å². The van der Waals surface area contributed by atoms with Gasteiger partial charge < -0.3 is 5.73 Å². The molecule has 0 fully saturated rings. The van der Waals surface area contributed by atoms with Crippen LogP contribution in [-0.2, 0) is 0 Å². The monoisotopic (exact) mass is 187 g/mol. The Morgan fingerprint density at radius 2 is 2.00 bits per heavy atom. The van der Waals surface area contributed by atoms with Crippen molar-refractivity contribution < 1.29 is 0 Å². The minimum Gasteiger partial charge on any atom is -0.399 e. The Hall–Kier alpha value is -1.77. The molecule has 0 atom stereocenters. The molecule has 0 aliphatic carbocycles. The summed E-state index contributed by atoms with van der Waals surface area (Å²) in [5.74, 6) is 0. The third-order valence-electron chi connectivity index (χ3n) is 2.38. The van der Waals surface area contributed by atoms with E-state index in [0.717, 1.165) is 22.5 Å². The molecule has 0 bridgehead atoms. The van der Waals surface area contributed by atoms with Gasteiger partial charge in [-0.1, -0.05) is 6.07 Å². The predicted octanol–water partition coefficient (Wildman–Crippen LogP) is 2.28. The van der Waals surface area contributed by atoms with Crippen LogP contribution in [-0.4, -0.2) is 10.2 Å². The summed E-state index contributed by atoms with van der Waals surface area (Å²) >= 11 is 0. The summed E-state index contributed by atoms with van der Waals surface area (Å²) in [6, 6.07) is 5.92. The van der Waals surface area contributed by atoms with Crippen LogP contribution in [0, 0.1) is 13.8 Å². The molecule has 0 aliphatic heterocycles. The van der Waals surface area contributed by atoms with Gasteiger partial charge in [0, 0.05) is 16.9 Å². The molecule has 0 radical (unpaired) electrons. The van der Waals surface area contributed by atoms with Crippen LogP contribution in [0.2, 0.25) is 0 Å². The molecule has 14 heavy (non-hydrogen) atoms. The Balaban J connectivity index is 2.62. The summed E-state index contributed by atoms with van der Waals surface area (Å²) in [5, 5.41) is 6.93. The zero-order valence-electron chi connectivity index (χ0n) is 8.33. The van der Waals surface area contributed by atoms with Crippen LogP contribution >= 0.6 is 0 Å². The normalized spacial score (nSPS) is 10.4. The molecule has 1 aromatic heterocycles. The molecular formula is C11H13N3. The summed E-state index contributed by atoms with van der Waals surface area (Å²) in [6.45, 7) is 4.08. The molecule has 3 heteroatoms. The number of nitrogens with zero attached hydrogens (tertiary/aromatic N) is 1. The summed E-state index contributed by atoms with van der Waals surface area (Å²) < 4.78 is 0. The largest absolute Gasteiger partial charge is 0.399 e. The number of aryl methyl sites for hydroxylation is 2. The molecule has 72 valence electrons. The second-order valence-electron chi connectivity index (χ2n) is 3.48. The minimum absolute atomic E-state index is 0.784. The van der Waals surface area contributed by atoms with Gasteiger partial charge in [0.25, 0.3) is 0 Å². The van der Waals surface area contributed by atoms with E-state index in [0.29, 0.717) is 0 Å². The number of nitrogen functional groups attached to an aromatic ring is 1. The zero-order chi connectivity index (χ0) is 10.1. The number of nitrogens with two attached hydrogens (primary N) is 1. The van der Waals surface area contributed by atoms with Crippen molar-refractivity contribution in [3.63, 3.8) is 0 Å². The zero-order valence-corrected chi connectivity index (χ0v) is 8.33. The molecule has 2 aromatic rings. The van der Waals surface area contributed by atoms with Crippen LogP contribution in [0.3, 0.4) is 0 Å². The maximum Gasteiger partial charge on any atom is 0.0568 e. The first kappa shape index (κ1) is 8.81. The highest BCUT2D eigenvalue weighted by molar-refractivity contribution is 5.71. The molecule has 1 aromatic carbocycles. The molecular weight excluding hydrogens is 174 g/mol. The van der Waals surface area contributed by atoms with Gasteiger partial charge in [-0.25, -0.2) is 0 Å². The van der Waals surface area contributed by atoms with E-state index in [9.17, 15) is 0 Å². The van der Waals surface area contributed by atoms with Crippen LogP contribution in [0.1, 0.15) is 11.3 Å². The minimum atomic E-state index is 0.784. The molecule has 0 amide bonds. The third-order valence-corrected chi connectivity index (χ3v) is 2.38. The highest BCUT2D eigenvalue weighted by Gasteiger charge is 2.06. The third kappa shape index (κ3) is 1.37. The average Bonchev–Trinajstić information content (AvgIpc) is 2.56. The summed E-state index contributed by atoms with van der Waals surface area (Å²) in [6.07, 6.45) is 1.83. The van der Waals surface area contributed by atoms with E-state index < -0.39 is 0 Å². The van der Waals surface area contributed by atoms with E-state index in [4.69, 9.17) is 5.73 Å². The molecule has 0 saturated heterocycles. The van der Waals surface area contributed by atoms with Gasteiger partial charge in [0.15, 0.2) is 0 Å². The van der Waals surface area contributed by atoms with Crippen molar-refractivity contribution in [2.75, 3.05) is 5.73 Å². The van der Waals surface area contributed by atoms with Crippen molar-refractivity contribution in [1.82, 2.24) is 10.2 Å². The molecule has 3 nitrogen and oxygen atoms in total. The molecule has 3 N–H and O–H groups in total. The number of anilines is 1. The van der Waals surface area contributed by atoms with E-state index in [1.807, 2.05) is 31.3 Å². The first-order valence-electron chi connectivity index (χ1n) is 4.55. The fourth-order valence-electron chi connectivity index (χ4n) is 1.55. The molecule has 1 heterocycles. The summed E-state index contributed by atoms with van der Waals surface area (Å²) in [7, 11) is 0. The van der Waals surface area contributed by atoms with Crippen molar-refractivity contribution in [3.8, 4) is 11.1 Å². The highest BCUT2D eigenvalue weighted by Crippen LogP contribution is 2.26. The maximum atomic E-state index is 5.75. The number of nitrogens with one attached hydrogen (secondary N) is 1. The lowest BCUT2D eigenvalue weighted by molar-refractivity contribution is 1.05. The Kier molecular flexibility index (Phi) is 2.00. The lowest BCUT2D eigenvalue weighted by Gasteiger charge is -2.05. The van der Waals surface area contributed by atoms with Crippen LogP contribution in [0.4, 0.5) is 5.69 Å². The van der Waals surface area contributed by atoms with Crippen molar-refractivity contribution in [1.29, 1.82) is 0 Å². The van der Waals surface area contributed by atoms with Crippen molar-refractivity contribution >= 4 is 5.69 Å². The van der Waals surface area contributed by atoms with Crippen LogP contribution in [0.25, 0.3) is 11.1 Å². The smallest absolute Gasteiger partial charge is 0.0568 e. The van der Waals surface area contributed by atoms with E-state index in [1.54, 1.807) is 0 Å². The van der Waals surface area contributed by atoms with Gasteiger partial charge in [0.1, 0.15) is 0 Å². The number of benzene rings is 1. The van der Waals surface area contributed by atoms with E-state index >= 15 is 0 Å². The van der Waals surface area contributed by atoms with Crippen molar-refractivity contribution in [2.24, 2.45) is 0 Å². The van der Waals surface area contributed by atoms with Gasteiger partial charge in [-0.2, -0.15) is 5.10 Å². The Labute approximate surface area is 83.0 Å². The number of rotatable bonds is 1. The fourth-order valence-corrected chi connectivity index (χ4v) is 1.55. The SMILES string of the molecule is Cc1ccc(N)cc1-c1cn[nH]c1C. The second kappa shape index (κ2) is 3.18. The first-order chi connectivity index (χ1) is 6.68. The lowest BCUT2D eigenvalue weighted by atomic mass is 10.0. The quantitative estimate of drug-likeness (QED) is 0.673. The average molecular weight is 187 g/mol. The van der Waals surface area contributed by atoms with E-state index in [1.165, 1.54) is 5.56 Å². The van der Waals surface area contributed by atoms with Gasteiger partial charge >= 0.3 is 0 Å². The van der Waals surface area contributed by atoms with Gasteiger partial charge in [-0.15, -0.1) is 0 Å². The number of aromatic nitrogens is 2. The van der Waals surface area contributed by atoms with Gasteiger partial charge in [-0.3, -0.25) is 5.10 Å². The van der Waals surface area contributed by atoms with E-state index in [2.05, 4.69) is 17.1 Å². The van der Waals surface area contributed by atoms with Gasteiger partial charge in [0.2, 0.25) is 0 Å². The summed E-state index contributed by atoms with van der Waals surface area (Å²) in [4.78, 5) is 0. The lowest BCUT2D eigenvalue weighted by Crippen LogP contribution is -1.89. The van der Waals surface area contributed by atoms with Crippen LogP contribution in [0.15, 0.2) is 24.4 Å². The Morgan fingerprint density at radius 3 is 2.64 bits per heavy atom. The van der Waals surface area contributed by atoms with Crippen LogP contribution in [0.5, 0.6) is 0 Å². The number of hydrogen-bond donors (Lipinski definition) is 2. The molecule has 2 rings (SSSR count). The highest BCUT2D eigenvalue weighted by atomic mass is 15.1. The summed E-state index contributed by atoms with van der Waals surface area (Å²) in [5.41, 5.74) is 11.1. The number of hydrogen-bond acceptors (Lipinski definition) is 2. The van der Waals surface area contributed by atoms with E-state index in [-0.39, 0.29) is 0 Å². The topological polar surface area (TPSA) is 54.7 Å². The molecule has 0 unspecified atom stereocenters. The molecule has 0 aliphatic rings. The van der Waals surface area contributed by atoms with Crippen molar-refractivity contribution in [3.05, 3.63) is 35.7 Å². The molecule has 0 spiro atoms.